The minimum Gasteiger partial charge on any atom is -0.341 e. The van der Waals surface area contributed by atoms with Gasteiger partial charge in [0, 0.05) is 12.3 Å². The molecule has 0 aromatic heterocycles. The normalized spacial score (nSPS) is 19.7. The molecule has 0 saturated carbocycles. The summed E-state index contributed by atoms with van der Waals surface area (Å²) < 4.78 is 28.4. The number of carbonyl (C=O) groups is 1. The zero-order valence-electron chi connectivity index (χ0n) is 14.2. The molecule has 0 bridgehead atoms. The third kappa shape index (κ3) is 3.06. The summed E-state index contributed by atoms with van der Waals surface area (Å²) in [6.07, 6.45) is 0.0129. The van der Waals surface area contributed by atoms with Gasteiger partial charge in [-0.05, 0) is 23.8 Å². The van der Waals surface area contributed by atoms with Crippen molar-refractivity contribution in [2.24, 2.45) is 0 Å². The van der Waals surface area contributed by atoms with E-state index < -0.39 is 11.7 Å². The molecular formula is C20H15F2N3OS. The topological polar surface area (TPSA) is 47.3 Å². The van der Waals surface area contributed by atoms with Crippen LogP contribution in [0.15, 0.2) is 59.1 Å². The fourth-order valence-corrected chi connectivity index (χ4v) is 4.60. The van der Waals surface area contributed by atoms with Gasteiger partial charge in [0.25, 0.3) is 0 Å². The predicted molar refractivity (Wildman–Crippen MR) is 99.4 cm³/mol. The van der Waals surface area contributed by atoms with E-state index in [1.807, 2.05) is 0 Å². The van der Waals surface area contributed by atoms with Crippen molar-refractivity contribution in [3.8, 4) is 6.07 Å². The Morgan fingerprint density at radius 2 is 1.78 bits per heavy atom. The van der Waals surface area contributed by atoms with Crippen molar-refractivity contribution in [2.75, 3.05) is 17.4 Å². The molecule has 2 heterocycles. The van der Waals surface area contributed by atoms with Crippen LogP contribution in [0.3, 0.4) is 0 Å². The van der Waals surface area contributed by atoms with E-state index >= 15 is 0 Å². The van der Waals surface area contributed by atoms with E-state index in [-0.39, 0.29) is 24.8 Å². The molecule has 1 fully saturated rings. The molecular weight excluding hydrogens is 368 g/mol. The van der Waals surface area contributed by atoms with Gasteiger partial charge in [0.2, 0.25) is 5.91 Å². The van der Waals surface area contributed by atoms with Gasteiger partial charge >= 0.3 is 0 Å². The van der Waals surface area contributed by atoms with Gasteiger partial charge < -0.3 is 4.90 Å². The van der Waals surface area contributed by atoms with E-state index in [9.17, 15) is 18.8 Å². The maximum absolute atomic E-state index is 14.2. The number of thioether (sulfide) groups is 1. The van der Waals surface area contributed by atoms with Crippen molar-refractivity contribution in [2.45, 2.75) is 12.3 Å². The van der Waals surface area contributed by atoms with Crippen LogP contribution < -0.4 is 4.90 Å². The molecule has 2 aromatic carbocycles. The van der Waals surface area contributed by atoms with E-state index in [0.717, 1.165) is 0 Å². The molecule has 0 N–H and O–H groups in total. The van der Waals surface area contributed by atoms with Gasteiger partial charge in [0.1, 0.15) is 11.6 Å². The molecule has 0 spiro atoms. The highest BCUT2D eigenvalue weighted by Gasteiger charge is 2.39. The number of hydrogen-bond acceptors (Lipinski definition) is 4. The van der Waals surface area contributed by atoms with E-state index in [1.165, 1.54) is 28.8 Å². The van der Waals surface area contributed by atoms with Crippen molar-refractivity contribution < 1.29 is 13.6 Å². The highest BCUT2D eigenvalue weighted by molar-refractivity contribution is 8.03. The minimum atomic E-state index is -0.595. The lowest BCUT2D eigenvalue weighted by molar-refractivity contribution is -0.129. The second kappa shape index (κ2) is 7.05. The molecule has 2 aliphatic rings. The van der Waals surface area contributed by atoms with Crippen LogP contribution in [0, 0.1) is 23.0 Å². The van der Waals surface area contributed by atoms with Crippen LogP contribution in [0.1, 0.15) is 17.9 Å². The molecule has 2 aliphatic heterocycles. The Morgan fingerprint density at radius 1 is 1.07 bits per heavy atom. The van der Waals surface area contributed by atoms with Crippen LogP contribution in [0.5, 0.6) is 0 Å². The number of fused-ring (bicyclic) bond motifs is 1. The van der Waals surface area contributed by atoms with Crippen LogP contribution in [0.2, 0.25) is 0 Å². The molecule has 1 saturated heterocycles. The number of allylic oxidation sites excluding steroid dienone is 1. The highest BCUT2D eigenvalue weighted by atomic mass is 32.2. The van der Waals surface area contributed by atoms with Crippen LogP contribution >= 0.6 is 11.8 Å². The van der Waals surface area contributed by atoms with Gasteiger partial charge in [-0.3, -0.25) is 9.69 Å². The number of anilines is 1. The highest BCUT2D eigenvalue weighted by Crippen LogP contribution is 2.43. The Morgan fingerprint density at radius 3 is 2.48 bits per heavy atom. The monoisotopic (exact) mass is 383 g/mol. The van der Waals surface area contributed by atoms with Crippen LogP contribution in [0.25, 0.3) is 0 Å². The number of halogens is 2. The van der Waals surface area contributed by atoms with Crippen molar-refractivity contribution in [1.82, 2.24) is 4.90 Å². The first-order chi connectivity index (χ1) is 13.1. The molecule has 1 atom stereocenters. The van der Waals surface area contributed by atoms with Crippen LogP contribution in [-0.2, 0) is 4.79 Å². The Kier molecular flexibility index (Phi) is 4.58. The lowest BCUT2D eigenvalue weighted by Crippen LogP contribution is -2.47. The summed E-state index contributed by atoms with van der Waals surface area (Å²) in [5.41, 5.74) is 1.15. The average molecular weight is 383 g/mol. The molecule has 4 rings (SSSR count). The van der Waals surface area contributed by atoms with E-state index in [0.29, 0.717) is 27.7 Å². The molecule has 7 heteroatoms. The lowest BCUT2D eigenvalue weighted by atomic mass is 9.86. The van der Waals surface area contributed by atoms with Crippen LogP contribution in [-0.4, -0.2) is 23.4 Å². The fraction of sp³-hybridized carbons (Fsp3) is 0.200. The number of nitriles is 1. The molecule has 0 unspecified atom stereocenters. The zero-order valence-corrected chi connectivity index (χ0v) is 15.0. The molecule has 2 aromatic rings. The first kappa shape index (κ1) is 17.6. The minimum absolute atomic E-state index is 0.0129. The number of para-hydroxylation sites is 1. The lowest BCUT2D eigenvalue weighted by Gasteiger charge is -2.42. The third-order valence-corrected chi connectivity index (χ3v) is 5.92. The van der Waals surface area contributed by atoms with E-state index in [4.69, 9.17) is 0 Å². The van der Waals surface area contributed by atoms with Gasteiger partial charge in [-0.2, -0.15) is 5.26 Å². The second-order valence-corrected chi connectivity index (χ2v) is 7.27. The van der Waals surface area contributed by atoms with Crippen molar-refractivity contribution in [3.63, 3.8) is 0 Å². The summed E-state index contributed by atoms with van der Waals surface area (Å²) in [4.78, 5) is 16.0. The van der Waals surface area contributed by atoms with Crippen LogP contribution in [0.4, 0.5) is 14.5 Å². The van der Waals surface area contributed by atoms with Gasteiger partial charge in [-0.1, -0.05) is 42.1 Å². The Labute approximate surface area is 159 Å². The first-order valence-electron chi connectivity index (χ1n) is 8.41. The van der Waals surface area contributed by atoms with Crippen molar-refractivity contribution in [3.05, 3.63) is 76.3 Å². The van der Waals surface area contributed by atoms with E-state index in [2.05, 4.69) is 6.07 Å². The number of amides is 1. The standard InChI is InChI=1S/C20H15F2N3OS/c21-16-6-2-1-5-13(16)14-9-19(26)25-11-24(12-27-20(25)15(14)10-23)18-8-4-3-7-17(18)22/h1-8,14H,9,11-12H2/t14-/m1/s1. The molecule has 0 aliphatic carbocycles. The smallest absolute Gasteiger partial charge is 0.229 e. The number of nitrogens with zero attached hydrogens (tertiary/aromatic N) is 3. The first-order valence-corrected chi connectivity index (χ1v) is 9.40. The molecule has 4 nitrogen and oxygen atoms in total. The molecule has 1 amide bonds. The summed E-state index contributed by atoms with van der Waals surface area (Å²) in [5.74, 6) is -1.19. The largest absolute Gasteiger partial charge is 0.341 e. The fourth-order valence-electron chi connectivity index (χ4n) is 3.45. The van der Waals surface area contributed by atoms with Gasteiger partial charge in [0.05, 0.1) is 34.9 Å². The maximum Gasteiger partial charge on any atom is 0.229 e. The second-order valence-electron chi connectivity index (χ2n) is 6.34. The molecule has 136 valence electrons. The van der Waals surface area contributed by atoms with Gasteiger partial charge in [-0.25, -0.2) is 8.78 Å². The zero-order chi connectivity index (χ0) is 19.0. The Balaban J connectivity index is 1.70. The number of carbonyl (C=O) groups excluding carboxylic acids is 1. The molecule has 27 heavy (non-hydrogen) atoms. The van der Waals surface area contributed by atoms with Gasteiger partial charge in [-0.15, -0.1) is 0 Å². The third-order valence-electron chi connectivity index (χ3n) is 4.77. The summed E-state index contributed by atoms with van der Waals surface area (Å²) in [7, 11) is 0. The summed E-state index contributed by atoms with van der Waals surface area (Å²) in [6.45, 7) is 0.164. The summed E-state index contributed by atoms with van der Waals surface area (Å²) >= 11 is 1.30. The average Bonchev–Trinajstić information content (AvgIpc) is 2.68. The summed E-state index contributed by atoms with van der Waals surface area (Å²) in [6, 6.07) is 14.8. The number of benzene rings is 2. The molecule has 0 radical (unpaired) electrons. The van der Waals surface area contributed by atoms with Gasteiger partial charge in [0.15, 0.2) is 0 Å². The maximum atomic E-state index is 14.2. The number of rotatable bonds is 2. The Hall–Kier alpha value is -2.85. The predicted octanol–water partition coefficient (Wildman–Crippen LogP) is 4.18. The number of hydrogen-bond donors (Lipinski definition) is 0. The quantitative estimate of drug-likeness (QED) is 0.780. The SMILES string of the molecule is N#CC1=C2SCN(c3ccccc3F)CN2C(=O)C[C@@H]1c1ccccc1F. The summed E-state index contributed by atoms with van der Waals surface area (Å²) in [5, 5.41) is 10.2. The van der Waals surface area contributed by atoms with Crippen molar-refractivity contribution in [1.29, 1.82) is 5.26 Å². The Bertz CT molecular complexity index is 985. The van der Waals surface area contributed by atoms with E-state index in [1.54, 1.807) is 41.3 Å². The van der Waals surface area contributed by atoms with Crippen molar-refractivity contribution >= 4 is 23.4 Å².